The van der Waals surface area contributed by atoms with Crippen LogP contribution in [0.2, 0.25) is 0 Å². The Balaban J connectivity index is 2.19. The van der Waals surface area contributed by atoms with Gasteiger partial charge in [0.15, 0.2) is 5.82 Å². The number of tetrazole rings is 1. The smallest absolute Gasteiger partial charge is 0.170 e. The van der Waals surface area contributed by atoms with Gasteiger partial charge in [0.25, 0.3) is 0 Å². The topological polar surface area (TPSA) is 67.1 Å². The number of aliphatic hydroxyl groups is 1. The summed E-state index contributed by atoms with van der Waals surface area (Å²) < 4.78 is 1.71. The maximum Gasteiger partial charge on any atom is 0.170 e. The van der Waals surface area contributed by atoms with Crippen LogP contribution >= 0.6 is 0 Å². The minimum Gasteiger partial charge on any atom is -0.395 e. The van der Waals surface area contributed by atoms with E-state index in [1.165, 1.54) is 0 Å². The van der Waals surface area contributed by atoms with E-state index < -0.39 is 0 Å². The number of hydrogen-bond acceptors (Lipinski definition) is 5. The summed E-state index contributed by atoms with van der Waals surface area (Å²) >= 11 is 0. The van der Waals surface area contributed by atoms with Crippen molar-refractivity contribution < 1.29 is 5.11 Å². The van der Waals surface area contributed by atoms with Gasteiger partial charge < -0.3 is 5.11 Å². The second-order valence-electron chi connectivity index (χ2n) is 4.29. The molecular formula is C12H17N5O. The third-order valence-corrected chi connectivity index (χ3v) is 2.94. The van der Waals surface area contributed by atoms with Gasteiger partial charge in [0.1, 0.15) is 0 Å². The molecule has 0 radical (unpaired) electrons. The van der Waals surface area contributed by atoms with Crippen LogP contribution in [0.15, 0.2) is 30.3 Å². The number of benzene rings is 1. The summed E-state index contributed by atoms with van der Waals surface area (Å²) in [5.74, 6) is 0.754. The lowest BCUT2D eigenvalue weighted by atomic mass is 10.3. The van der Waals surface area contributed by atoms with E-state index in [9.17, 15) is 0 Å². The normalized spacial score (nSPS) is 12.9. The van der Waals surface area contributed by atoms with Crippen molar-refractivity contribution in [2.24, 2.45) is 0 Å². The summed E-state index contributed by atoms with van der Waals surface area (Å²) in [7, 11) is 1.94. The zero-order valence-corrected chi connectivity index (χ0v) is 10.6. The quantitative estimate of drug-likeness (QED) is 0.832. The number of para-hydroxylation sites is 1. The third-order valence-electron chi connectivity index (χ3n) is 2.94. The molecule has 2 rings (SSSR count). The van der Waals surface area contributed by atoms with E-state index in [2.05, 4.69) is 15.5 Å². The van der Waals surface area contributed by atoms with Gasteiger partial charge in [0, 0.05) is 6.04 Å². The number of aliphatic hydroxyl groups excluding tert-OH is 1. The van der Waals surface area contributed by atoms with Crippen LogP contribution in [-0.2, 0) is 6.54 Å². The monoisotopic (exact) mass is 247 g/mol. The molecule has 0 aliphatic carbocycles. The SMILES string of the molecule is CC(CO)N(C)Cc1nnnn1-c1ccccc1. The highest BCUT2D eigenvalue weighted by Gasteiger charge is 2.14. The molecule has 1 atom stereocenters. The minimum atomic E-state index is 0.0749. The highest BCUT2D eigenvalue weighted by Crippen LogP contribution is 2.09. The van der Waals surface area contributed by atoms with E-state index >= 15 is 0 Å². The Morgan fingerprint density at radius 3 is 2.72 bits per heavy atom. The molecule has 1 heterocycles. The van der Waals surface area contributed by atoms with Gasteiger partial charge in [-0.3, -0.25) is 4.90 Å². The van der Waals surface area contributed by atoms with E-state index in [0.717, 1.165) is 11.5 Å². The summed E-state index contributed by atoms with van der Waals surface area (Å²) in [6.45, 7) is 2.66. The second-order valence-corrected chi connectivity index (χ2v) is 4.29. The fourth-order valence-corrected chi connectivity index (χ4v) is 1.59. The Morgan fingerprint density at radius 2 is 2.06 bits per heavy atom. The molecule has 6 heteroatoms. The molecule has 6 nitrogen and oxygen atoms in total. The number of likely N-dealkylation sites (N-methyl/N-ethyl adjacent to an activating group) is 1. The van der Waals surface area contributed by atoms with Crippen molar-refractivity contribution in [3.8, 4) is 5.69 Å². The molecule has 1 aromatic heterocycles. The summed E-state index contributed by atoms with van der Waals surface area (Å²) in [6, 6.07) is 9.82. The highest BCUT2D eigenvalue weighted by atomic mass is 16.3. The number of nitrogens with zero attached hydrogens (tertiary/aromatic N) is 5. The zero-order valence-electron chi connectivity index (χ0n) is 10.6. The Labute approximate surface area is 106 Å². The summed E-state index contributed by atoms with van der Waals surface area (Å²) in [6.07, 6.45) is 0. The molecule has 1 N–H and O–H groups in total. The van der Waals surface area contributed by atoms with Gasteiger partial charge in [-0.2, -0.15) is 4.68 Å². The van der Waals surface area contributed by atoms with E-state index in [-0.39, 0.29) is 12.6 Å². The van der Waals surface area contributed by atoms with E-state index in [1.807, 2.05) is 49.2 Å². The molecule has 0 fully saturated rings. The Hall–Kier alpha value is -1.79. The summed E-state index contributed by atoms with van der Waals surface area (Å²) in [5, 5.41) is 20.8. The molecule has 0 saturated carbocycles. The molecular weight excluding hydrogens is 230 g/mol. The zero-order chi connectivity index (χ0) is 13.0. The summed E-state index contributed by atoms with van der Waals surface area (Å²) in [5.41, 5.74) is 0.933. The molecule has 18 heavy (non-hydrogen) atoms. The lowest BCUT2D eigenvalue weighted by molar-refractivity contribution is 0.151. The van der Waals surface area contributed by atoms with Gasteiger partial charge in [-0.25, -0.2) is 0 Å². The Kier molecular flexibility index (Phi) is 4.01. The molecule has 1 aromatic carbocycles. The molecule has 0 amide bonds. The van der Waals surface area contributed by atoms with Crippen LogP contribution in [0.5, 0.6) is 0 Å². The van der Waals surface area contributed by atoms with Crippen LogP contribution in [0.1, 0.15) is 12.7 Å². The van der Waals surface area contributed by atoms with Crippen LogP contribution in [0.3, 0.4) is 0 Å². The number of aromatic nitrogens is 4. The lowest BCUT2D eigenvalue weighted by Crippen LogP contribution is -2.32. The van der Waals surface area contributed by atoms with Gasteiger partial charge in [-0.15, -0.1) is 5.10 Å². The van der Waals surface area contributed by atoms with Crippen LogP contribution < -0.4 is 0 Å². The Morgan fingerprint density at radius 1 is 1.33 bits per heavy atom. The highest BCUT2D eigenvalue weighted by molar-refractivity contribution is 5.30. The molecule has 0 saturated heterocycles. The van der Waals surface area contributed by atoms with Crippen molar-refractivity contribution in [1.82, 2.24) is 25.1 Å². The largest absolute Gasteiger partial charge is 0.395 e. The average molecular weight is 247 g/mol. The molecule has 96 valence electrons. The minimum absolute atomic E-state index is 0.0749. The molecule has 0 aliphatic heterocycles. The fourth-order valence-electron chi connectivity index (χ4n) is 1.59. The van der Waals surface area contributed by atoms with E-state index in [4.69, 9.17) is 5.11 Å². The van der Waals surface area contributed by atoms with Gasteiger partial charge in [0.05, 0.1) is 18.8 Å². The van der Waals surface area contributed by atoms with Crippen molar-refractivity contribution >= 4 is 0 Å². The molecule has 0 aliphatic rings. The van der Waals surface area contributed by atoms with E-state index in [1.54, 1.807) is 4.68 Å². The van der Waals surface area contributed by atoms with Crippen LogP contribution in [-0.4, -0.2) is 49.9 Å². The number of rotatable bonds is 5. The standard InChI is InChI=1S/C12H17N5O/c1-10(9-18)16(2)8-12-13-14-15-17(12)11-6-4-3-5-7-11/h3-7,10,18H,8-9H2,1-2H3. The van der Waals surface area contributed by atoms with Crippen molar-refractivity contribution in [2.45, 2.75) is 19.5 Å². The van der Waals surface area contributed by atoms with Crippen LogP contribution in [0, 0.1) is 0 Å². The Bertz CT molecular complexity index is 484. The first-order valence-electron chi connectivity index (χ1n) is 5.86. The first kappa shape index (κ1) is 12.7. The van der Waals surface area contributed by atoms with Crippen molar-refractivity contribution in [3.05, 3.63) is 36.2 Å². The third kappa shape index (κ3) is 2.72. The predicted octanol–water partition coefficient (Wildman–Crippen LogP) is 0.475. The summed E-state index contributed by atoms with van der Waals surface area (Å²) in [4.78, 5) is 2.01. The fraction of sp³-hybridized carbons (Fsp3) is 0.417. The molecule has 0 bridgehead atoms. The first-order valence-corrected chi connectivity index (χ1v) is 5.86. The second kappa shape index (κ2) is 5.70. The predicted molar refractivity (Wildman–Crippen MR) is 67.2 cm³/mol. The maximum absolute atomic E-state index is 9.12. The first-order chi connectivity index (χ1) is 8.72. The van der Waals surface area contributed by atoms with E-state index in [0.29, 0.717) is 6.54 Å². The van der Waals surface area contributed by atoms with Gasteiger partial charge in [-0.1, -0.05) is 18.2 Å². The van der Waals surface area contributed by atoms with Crippen molar-refractivity contribution in [2.75, 3.05) is 13.7 Å². The van der Waals surface area contributed by atoms with Gasteiger partial charge in [0.2, 0.25) is 0 Å². The number of hydrogen-bond donors (Lipinski definition) is 1. The molecule has 0 spiro atoms. The van der Waals surface area contributed by atoms with Gasteiger partial charge >= 0.3 is 0 Å². The lowest BCUT2D eigenvalue weighted by Gasteiger charge is -2.21. The van der Waals surface area contributed by atoms with Crippen LogP contribution in [0.25, 0.3) is 5.69 Å². The van der Waals surface area contributed by atoms with Gasteiger partial charge in [-0.05, 0) is 36.5 Å². The van der Waals surface area contributed by atoms with Crippen molar-refractivity contribution in [1.29, 1.82) is 0 Å². The molecule has 2 aromatic rings. The van der Waals surface area contributed by atoms with Crippen LogP contribution in [0.4, 0.5) is 0 Å². The maximum atomic E-state index is 9.12. The molecule has 1 unspecified atom stereocenters. The average Bonchev–Trinajstić information content (AvgIpc) is 2.86. The van der Waals surface area contributed by atoms with Crippen molar-refractivity contribution in [3.63, 3.8) is 0 Å².